The highest BCUT2D eigenvalue weighted by molar-refractivity contribution is 5.78. The Morgan fingerprint density at radius 3 is 2.53 bits per heavy atom. The number of carbonyl (C=O) groups is 1. The van der Waals surface area contributed by atoms with E-state index in [4.69, 9.17) is 10.00 Å². The van der Waals surface area contributed by atoms with E-state index in [0.29, 0.717) is 11.3 Å². The SMILES string of the molecule is CCCC(C)(C)NC(=O)COc1ccc(C#N)cc1. The summed E-state index contributed by atoms with van der Waals surface area (Å²) in [5.41, 5.74) is 0.362. The topological polar surface area (TPSA) is 62.1 Å². The number of benzene rings is 1. The summed E-state index contributed by atoms with van der Waals surface area (Å²) in [6, 6.07) is 8.72. The van der Waals surface area contributed by atoms with Gasteiger partial charge in [0.05, 0.1) is 11.6 Å². The van der Waals surface area contributed by atoms with Crippen molar-refractivity contribution >= 4 is 5.91 Å². The molecule has 1 rings (SSSR count). The summed E-state index contributed by atoms with van der Waals surface area (Å²) in [6.07, 6.45) is 1.94. The van der Waals surface area contributed by atoms with E-state index in [9.17, 15) is 4.79 Å². The molecule has 0 spiro atoms. The molecule has 0 aliphatic heterocycles. The van der Waals surface area contributed by atoms with Crippen LogP contribution in [0.1, 0.15) is 39.2 Å². The first-order valence-electron chi connectivity index (χ1n) is 6.41. The number of nitrogens with one attached hydrogen (secondary N) is 1. The van der Waals surface area contributed by atoms with Gasteiger partial charge >= 0.3 is 0 Å². The van der Waals surface area contributed by atoms with Crippen molar-refractivity contribution in [2.45, 2.75) is 39.2 Å². The number of hydrogen-bond donors (Lipinski definition) is 1. The fraction of sp³-hybridized carbons (Fsp3) is 0.467. The summed E-state index contributed by atoms with van der Waals surface area (Å²) in [7, 11) is 0. The zero-order chi connectivity index (χ0) is 14.3. The Bertz CT molecular complexity index is 458. The minimum Gasteiger partial charge on any atom is -0.484 e. The molecule has 1 aromatic rings. The summed E-state index contributed by atoms with van der Waals surface area (Å²) in [6.45, 7) is 6.06. The van der Waals surface area contributed by atoms with Gasteiger partial charge in [-0.25, -0.2) is 0 Å². The molecule has 0 bridgehead atoms. The third-order valence-corrected chi connectivity index (χ3v) is 2.71. The van der Waals surface area contributed by atoms with Crippen LogP contribution in [0.5, 0.6) is 5.75 Å². The molecule has 4 nitrogen and oxygen atoms in total. The van der Waals surface area contributed by atoms with Gasteiger partial charge in [-0.3, -0.25) is 4.79 Å². The molecule has 0 unspecified atom stereocenters. The van der Waals surface area contributed by atoms with E-state index in [1.54, 1.807) is 24.3 Å². The lowest BCUT2D eigenvalue weighted by molar-refractivity contribution is -0.124. The fourth-order valence-corrected chi connectivity index (χ4v) is 1.88. The highest BCUT2D eigenvalue weighted by Crippen LogP contribution is 2.12. The van der Waals surface area contributed by atoms with Crippen LogP contribution in [0.3, 0.4) is 0 Å². The van der Waals surface area contributed by atoms with Gasteiger partial charge in [0.2, 0.25) is 0 Å². The molecule has 0 saturated heterocycles. The Morgan fingerprint density at radius 2 is 2.00 bits per heavy atom. The molecule has 0 fully saturated rings. The molecule has 0 aromatic heterocycles. The minimum absolute atomic E-state index is 0.0148. The second-order valence-electron chi connectivity index (χ2n) is 5.11. The summed E-state index contributed by atoms with van der Waals surface area (Å²) >= 11 is 0. The van der Waals surface area contributed by atoms with Gasteiger partial charge in [0.25, 0.3) is 5.91 Å². The number of hydrogen-bond acceptors (Lipinski definition) is 3. The molecular formula is C15H20N2O2. The van der Waals surface area contributed by atoms with Gasteiger partial charge in [-0.2, -0.15) is 5.26 Å². The zero-order valence-electron chi connectivity index (χ0n) is 11.7. The van der Waals surface area contributed by atoms with E-state index in [2.05, 4.69) is 12.2 Å². The van der Waals surface area contributed by atoms with Gasteiger partial charge in [0.15, 0.2) is 6.61 Å². The number of amides is 1. The van der Waals surface area contributed by atoms with Crippen molar-refractivity contribution < 1.29 is 9.53 Å². The average Bonchev–Trinajstić information content (AvgIpc) is 2.36. The van der Waals surface area contributed by atoms with Crippen molar-refractivity contribution in [1.82, 2.24) is 5.32 Å². The second kappa shape index (κ2) is 6.79. The van der Waals surface area contributed by atoms with Crippen LogP contribution in [0.25, 0.3) is 0 Å². The Labute approximate surface area is 114 Å². The Hall–Kier alpha value is -2.02. The van der Waals surface area contributed by atoms with Gasteiger partial charge < -0.3 is 10.1 Å². The first kappa shape index (κ1) is 15.0. The fourth-order valence-electron chi connectivity index (χ4n) is 1.88. The van der Waals surface area contributed by atoms with Crippen LogP contribution in [0.2, 0.25) is 0 Å². The Morgan fingerprint density at radius 1 is 1.37 bits per heavy atom. The minimum atomic E-state index is -0.208. The number of nitrogens with zero attached hydrogens (tertiary/aromatic N) is 1. The molecule has 0 aliphatic rings. The van der Waals surface area contributed by atoms with Crippen LogP contribution >= 0.6 is 0 Å². The van der Waals surface area contributed by atoms with Crippen LogP contribution < -0.4 is 10.1 Å². The summed E-state index contributed by atoms with van der Waals surface area (Å²) in [5, 5.41) is 11.6. The van der Waals surface area contributed by atoms with Gasteiger partial charge in [-0.15, -0.1) is 0 Å². The maximum absolute atomic E-state index is 11.7. The van der Waals surface area contributed by atoms with Gasteiger partial charge in [0.1, 0.15) is 5.75 Å². The largest absolute Gasteiger partial charge is 0.484 e. The van der Waals surface area contributed by atoms with Crippen LogP contribution in [0.15, 0.2) is 24.3 Å². The molecule has 0 atom stereocenters. The van der Waals surface area contributed by atoms with E-state index in [1.807, 2.05) is 19.9 Å². The molecule has 1 amide bonds. The van der Waals surface area contributed by atoms with Gasteiger partial charge in [-0.05, 0) is 44.5 Å². The third kappa shape index (κ3) is 5.43. The van der Waals surface area contributed by atoms with E-state index < -0.39 is 0 Å². The van der Waals surface area contributed by atoms with Crippen LogP contribution in [0.4, 0.5) is 0 Å². The van der Waals surface area contributed by atoms with Crippen LogP contribution in [-0.4, -0.2) is 18.1 Å². The molecule has 102 valence electrons. The summed E-state index contributed by atoms with van der Waals surface area (Å²) in [5.74, 6) is 0.449. The Balaban J connectivity index is 2.43. The lowest BCUT2D eigenvalue weighted by Gasteiger charge is -2.25. The summed E-state index contributed by atoms with van der Waals surface area (Å²) < 4.78 is 5.37. The monoisotopic (exact) mass is 260 g/mol. The van der Waals surface area contributed by atoms with Gasteiger partial charge in [-0.1, -0.05) is 13.3 Å². The van der Waals surface area contributed by atoms with E-state index in [-0.39, 0.29) is 18.1 Å². The highest BCUT2D eigenvalue weighted by atomic mass is 16.5. The molecular weight excluding hydrogens is 240 g/mol. The van der Waals surface area contributed by atoms with Crippen molar-refractivity contribution in [3.05, 3.63) is 29.8 Å². The quantitative estimate of drug-likeness (QED) is 0.855. The van der Waals surface area contributed by atoms with Crippen molar-refractivity contribution in [2.75, 3.05) is 6.61 Å². The van der Waals surface area contributed by atoms with Crippen molar-refractivity contribution in [1.29, 1.82) is 5.26 Å². The van der Waals surface area contributed by atoms with Crippen LogP contribution in [0, 0.1) is 11.3 Å². The third-order valence-electron chi connectivity index (χ3n) is 2.71. The van der Waals surface area contributed by atoms with Crippen molar-refractivity contribution in [3.63, 3.8) is 0 Å². The maximum Gasteiger partial charge on any atom is 0.258 e. The Kier molecular flexibility index (Phi) is 5.37. The number of carbonyl (C=O) groups excluding carboxylic acids is 1. The molecule has 0 saturated carbocycles. The number of rotatable bonds is 6. The molecule has 0 radical (unpaired) electrons. The lowest BCUT2D eigenvalue weighted by atomic mass is 9.99. The first-order valence-corrected chi connectivity index (χ1v) is 6.41. The maximum atomic E-state index is 11.7. The predicted octanol–water partition coefficient (Wildman–Crippen LogP) is 2.63. The van der Waals surface area contributed by atoms with E-state index in [0.717, 1.165) is 12.8 Å². The number of ether oxygens (including phenoxy) is 1. The second-order valence-corrected chi connectivity index (χ2v) is 5.11. The molecule has 19 heavy (non-hydrogen) atoms. The van der Waals surface area contributed by atoms with Crippen molar-refractivity contribution in [3.8, 4) is 11.8 Å². The van der Waals surface area contributed by atoms with E-state index in [1.165, 1.54) is 0 Å². The molecule has 1 N–H and O–H groups in total. The zero-order valence-corrected chi connectivity index (χ0v) is 11.7. The van der Waals surface area contributed by atoms with E-state index >= 15 is 0 Å². The smallest absolute Gasteiger partial charge is 0.258 e. The normalized spacial score (nSPS) is 10.6. The number of nitriles is 1. The standard InChI is InChI=1S/C15H20N2O2/c1-4-9-15(2,3)17-14(18)11-19-13-7-5-12(10-16)6-8-13/h5-8H,4,9,11H2,1-3H3,(H,17,18). The first-order chi connectivity index (χ1) is 8.96. The van der Waals surface area contributed by atoms with Crippen molar-refractivity contribution in [2.24, 2.45) is 0 Å². The van der Waals surface area contributed by atoms with Crippen LogP contribution in [-0.2, 0) is 4.79 Å². The lowest BCUT2D eigenvalue weighted by Crippen LogP contribution is -2.45. The predicted molar refractivity (Wildman–Crippen MR) is 73.8 cm³/mol. The molecule has 1 aromatic carbocycles. The molecule has 0 aliphatic carbocycles. The average molecular weight is 260 g/mol. The summed E-state index contributed by atoms with van der Waals surface area (Å²) in [4.78, 5) is 11.7. The highest BCUT2D eigenvalue weighted by Gasteiger charge is 2.19. The molecule has 4 heteroatoms. The molecule has 0 heterocycles. The van der Waals surface area contributed by atoms with Gasteiger partial charge in [0, 0.05) is 5.54 Å².